The van der Waals surface area contributed by atoms with Crippen LogP contribution in [0, 0.1) is 0 Å². The second-order valence-electron chi connectivity index (χ2n) is 4.47. The Morgan fingerprint density at radius 3 is 2.36 bits per heavy atom. The van der Waals surface area contributed by atoms with Crippen LogP contribution in [0.3, 0.4) is 0 Å². The van der Waals surface area contributed by atoms with Crippen molar-refractivity contribution in [3.8, 4) is 0 Å². The molecule has 86 valence electrons. The molecule has 0 amide bonds. The van der Waals surface area contributed by atoms with E-state index in [0.717, 1.165) is 17.4 Å². The zero-order valence-electron chi connectivity index (χ0n) is 10.1. The molecular formula is C11H26NO2+. The number of rotatable bonds is 8. The van der Waals surface area contributed by atoms with E-state index in [2.05, 4.69) is 27.9 Å². The van der Waals surface area contributed by atoms with Crippen molar-refractivity contribution < 1.29 is 14.3 Å². The molecule has 1 atom stereocenters. The molecule has 0 fully saturated rings. The highest BCUT2D eigenvalue weighted by Gasteiger charge is 2.18. The van der Waals surface area contributed by atoms with Crippen molar-refractivity contribution in [1.82, 2.24) is 0 Å². The number of hydrogen-bond acceptors (Lipinski definition) is 2. The van der Waals surface area contributed by atoms with E-state index in [4.69, 9.17) is 4.74 Å². The van der Waals surface area contributed by atoms with E-state index in [0.29, 0.717) is 13.2 Å². The van der Waals surface area contributed by atoms with Gasteiger partial charge in [-0.05, 0) is 13.3 Å². The Labute approximate surface area is 88.3 Å². The average molecular weight is 204 g/mol. The van der Waals surface area contributed by atoms with Gasteiger partial charge in [-0.3, -0.25) is 0 Å². The van der Waals surface area contributed by atoms with Crippen molar-refractivity contribution in [3.05, 3.63) is 0 Å². The van der Waals surface area contributed by atoms with Gasteiger partial charge in [0, 0.05) is 6.61 Å². The van der Waals surface area contributed by atoms with Crippen molar-refractivity contribution in [2.45, 2.75) is 39.4 Å². The molecule has 0 saturated heterocycles. The molecule has 0 radical (unpaired) electrons. The summed E-state index contributed by atoms with van der Waals surface area (Å²) in [7, 11) is 4.19. The number of unbranched alkanes of at least 4 members (excludes halogenated alkanes) is 2. The summed E-state index contributed by atoms with van der Waals surface area (Å²) in [5.41, 5.74) is 0. The lowest BCUT2D eigenvalue weighted by Gasteiger charge is -2.30. The zero-order valence-corrected chi connectivity index (χ0v) is 10.1. The number of quaternary nitrogens is 1. The summed E-state index contributed by atoms with van der Waals surface area (Å²) in [6, 6.07) is 0. The predicted molar refractivity (Wildman–Crippen MR) is 59.0 cm³/mol. The maximum absolute atomic E-state index is 9.58. The van der Waals surface area contributed by atoms with Gasteiger partial charge in [0.25, 0.3) is 0 Å². The first-order valence-electron chi connectivity index (χ1n) is 5.63. The number of likely N-dealkylation sites (N-methyl/N-ethyl adjacent to an activating group) is 1. The van der Waals surface area contributed by atoms with Gasteiger partial charge in [0.15, 0.2) is 0 Å². The van der Waals surface area contributed by atoms with Gasteiger partial charge in [0.05, 0.1) is 20.6 Å². The quantitative estimate of drug-likeness (QED) is 0.370. The average Bonchev–Trinajstić information content (AvgIpc) is 2.12. The number of aliphatic hydroxyl groups is 1. The molecule has 0 aromatic rings. The lowest BCUT2D eigenvalue weighted by Crippen LogP contribution is -2.45. The highest BCUT2D eigenvalue weighted by molar-refractivity contribution is 4.41. The molecule has 3 nitrogen and oxygen atoms in total. The van der Waals surface area contributed by atoms with Crippen LogP contribution in [0.25, 0.3) is 0 Å². The molecular weight excluding hydrogens is 178 g/mol. The molecule has 0 aromatic carbocycles. The molecule has 0 rings (SSSR count). The maximum atomic E-state index is 9.58. The summed E-state index contributed by atoms with van der Waals surface area (Å²) in [6.07, 6.45) is 2.81. The number of aliphatic hydroxyl groups excluding tert-OH is 1. The van der Waals surface area contributed by atoms with Gasteiger partial charge in [0.2, 0.25) is 6.29 Å². The molecule has 0 spiro atoms. The predicted octanol–water partition coefficient (Wildman–Crippen LogP) is 1.61. The Kier molecular flexibility index (Phi) is 7.15. The Hall–Kier alpha value is -0.120. The van der Waals surface area contributed by atoms with E-state index < -0.39 is 6.29 Å². The van der Waals surface area contributed by atoms with Crippen LogP contribution in [-0.2, 0) is 4.74 Å². The summed E-state index contributed by atoms with van der Waals surface area (Å²) in [6.45, 7) is 6.63. The van der Waals surface area contributed by atoms with Crippen molar-refractivity contribution in [3.63, 3.8) is 0 Å². The standard InChI is InChI=1S/C11H26NO2/c1-5-7-8-9-14-11(13)10-12(3,4)6-2/h11,13H,5-10H2,1-4H3/q+1. The number of hydrogen-bond donors (Lipinski definition) is 1. The molecule has 0 aromatic heterocycles. The SMILES string of the molecule is CCCCCOC(O)C[N+](C)(C)CC. The fourth-order valence-electron chi connectivity index (χ4n) is 1.18. The van der Waals surface area contributed by atoms with Crippen LogP contribution in [0.1, 0.15) is 33.1 Å². The smallest absolute Gasteiger partial charge is 0.205 e. The van der Waals surface area contributed by atoms with Crippen molar-refractivity contribution in [2.24, 2.45) is 0 Å². The van der Waals surface area contributed by atoms with Crippen LogP contribution in [-0.4, -0.2) is 49.7 Å². The third-order valence-electron chi connectivity index (χ3n) is 2.56. The fourth-order valence-corrected chi connectivity index (χ4v) is 1.18. The van der Waals surface area contributed by atoms with Crippen molar-refractivity contribution in [1.29, 1.82) is 0 Å². The molecule has 0 bridgehead atoms. The van der Waals surface area contributed by atoms with Gasteiger partial charge < -0.3 is 14.3 Å². The van der Waals surface area contributed by atoms with E-state index >= 15 is 0 Å². The lowest BCUT2D eigenvalue weighted by molar-refractivity contribution is -0.894. The maximum Gasteiger partial charge on any atom is 0.205 e. The highest BCUT2D eigenvalue weighted by atomic mass is 16.6. The first-order valence-corrected chi connectivity index (χ1v) is 5.63. The first kappa shape index (κ1) is 13.9. The van der Waals surface area contributed by atoms with Gasteiger partial charge in [-0.25, -0.2) is 0 Å². The molecule has 0 aliphatic carbocycles. The Morgan fingerprint density at radius 2 is 1.86 bits per heavy atom. The van der Waals surface area contributed by atoms with E-state index in [1.807, 2.05) is 0 Å². The van der Waals surface area contributed by atoms with Gasteiger partial charge in [-0.2, -0.15) is 0 Å². The molecule has 14 heavy (non-hydrogen) atoms. The second-order valence-corrected chi connectivity index (χ2v) is 4.47. The summed E-state index contributed by atoms with van der Waals surface area (Å²) >= 11 is 0. The third-order valence-corrected chi connectivity index (χ3v) is 2.56. The molecule has 1 unspecified atom stereocenters. The normalized spacial score (nSPS) is 14.4. The second kappa shape index (κ2) is 7.21. The van der Waals surface area contributed by atoms with E-state index in [1.165, 1.54) is 12.8 Å². The summed E-state index contributed by atoms with van der Waals surface area (Å²) in [5.74, 6) is 0. The van der Waals surface area contributed by atoms with Crippen LogP contribution >= 0.6 is 0 Å². The van der Waals surface area contributed by atoms with E-state index in [-0.39, 0.29) is 0 Å². The van der Waals surface area contributed by atoms with Gasteiger partial charge in [0.1, 0.15) is 6.54 Å². The van der Waals surface area contributed by atoms with Crippen LogP contribution in [0.5, 0.6) is 0 Å². The first-order chi connectivity index (χ1) is 6.52. The van der Waals surface area contributed by atoms with Gasteiger partial charge in [-0.1, -0.05) is 19.8 Å². The lowest BCUT2D eigenvalue weighted by atomic mass is 10.3. The Morgan fingerprint density at radius 1 is 1.21 bits per heavy atom. The topological polar surface area (TPSA) is 29.5 Å². The minimum absolute atomic E-state index is 0.609. The summed E-state index contributed by atoms with van der Waals surface area (Å²) in [4.78, 5) is 0. The van der Waals surface area contributed by atoms with E-state index in [9.17, 15) is 5.11 Å². The van der Waals surface area contributed by atoms with Gasteiger partial charge >= 0.3 is 0 Å². The molecule has 0 aliphatic heterocycles. The van der Waals surface area contributed by atoms with Crippen molar-refractivity contribution >= 4 is 0 Å². The number of nitrogens with zero attached hydrogens (tertiary/aromatic N) is 1. The summed E-state index contributed by atoms with van der Waals surface area (Å²) in [5, 5.41) is 9.58. The molecule has 0 saturated carbocycles. The summed E-state index contributed by atoms with van der Waals surface area (Å²) < 4.78 is 6.12. The minimum atomic E-state index is -0.609. The highest BCUT2D eigenvalue weighted by Crippen LogP contribution is 2.02. The zero-order chi connectivity index (χ0) is 11.0. The van der Waals surface area contributed by atoms with Crippen LogP contribution in [0.4, 0.5) is 0 Å². The van der Waals surface area contributed by atoms with Crippen LogP contribution in [0.15, 0.2) is 0 Å². The van der Waals surface area contributed by atoms with Gasteiger partial charge in [-0.15, -0.1) is 0 Å². The van der Waals surface area contributed by atoms with Crippen LogP contribution in [0.2, 0.25) is 0 Å². The largest absolute Gasteiger partial charge is 0.364 e. The molecule has 0 heterocycles. The third kappa shape index (κ3) is 7.30. The Bertz CT molecular complexity index is 137. The molecule has 0 aliphatic rings. The monoisotopic (exact) mass is 204 g/mol. The van der Waals surface area contributed by atoms with E-state index in [1.54, 1.807) is 0 Å². The minimum Gasteiger partial charge on any atom is -0.364 e. The number of ether oxygens (including phenoxy) is 1. The van der Waals surface area contributed by atoms with Crippen molar-refractivity contribution in [2.75, 3.05) is 33.8 Å². The fraction of sp³-hybridized carbons (Fsp3) is 1.00. The Balaban J connectivity index is 3.49. The molecule has 3 heteroatoms. The van der Waals surface area contributed by atoms with Crippen LogP contribution < -0.4 is 0 Å². The molecule has 1 N–H and O–H groups in total.